The minimum atomic E-state index is 0.501. The van der Waals surface area contributed by atoms with Crippen LogP contribution >= 0.6 is 11.6 Å². The molecule has 0 aliphatic rings. The van der Waals surface area contributed by atoms with Gasteiger partial charge in [0.15, 0.2) is 11.5 Å². The summed E-state index contributed by atoms with van der Waals surface area (Å²) in [5.74, 6) is 1.80. The van der Waals surface area contributed by atoms with Gasteiger partial charge in [-0.3, -0.25) is 0 Å². The fourth-order valence-corrected chi connectivity index (χ4v) is 2.41. The summed E-state index contributed by atoms with van der Waals surface area (Å²) >= 11 is 5.98. The quantitative estimate of drug-likeness (QED) is 0.719. The van der Waals surface area contributed by atoms with Crippen LogP contribution in [0.2, 0.25) is 5.02 Å². The van der Waals surface area contributed by atoms with Crippen molar-refractivity contribution in [3.05, 3.63) is 53.1 Å². The zero-order valence-corrected chi connectivity index (χ0v) is 13.5. The number of hydrogen-bond donors (Lipinski definition) is 0. The molecule has 3 rings (SSSR count). The third kappa shape index (κ3) is 3.43. The van der Waals surface area contributed by atoms with Crippen molar-refractivity contribution < 1.29 is 9.47 Å². The number of ether oxygens (including phenoxy) is 2. The third-order valence-corrected chi connectivity index (χ3v) is 3.54. The molecular weight excluding hydrogens is 316 g/mol. The molecule has 1 heterocycles. The number of tetrazole rings is 1. The van der Waals surface area contributed by atoms with Gasteiger partial charge in [0, 0.05) is 10.6 Å². The highest BCUT2D eigenvalue weighted by Gasteiger charge is 2.11. The summed E-state index contributed by atoms with van der Waals surface area (Å²) in [6.07, 6.45) is 0. The lowest BCUT2D eigenvalue weighted by atomic mass is 10.2. The third-order valence-electron chi connectivity index (χ3n) is 3.31. The fourth-order valence-electron chi connectivity index (χ4n) is 2.20. The van der Waals surface area contributed by atoms with Gasteiger partial charge in [-0.15, -0.1) is 10.2 Å². The average Bonchev–Trinajstić information content (AvgIpc) is 3.02. The first-order valence-corrected chi connectivity index (χ1v) is 7.32. The smallest absolute Gasteiger partial charge is 0.205 e. The molecule has 23 heavy (non-hydrogen) atoms. The minimum Gasteiger partial charge on any atom is -0.493 e. The van der Waals surface area contributed by atoms with Crippen molar-refractivity contribution in [3.8, 4) is 22.9 Å². The van der Waals surface area contributed by atoms with Crippen LogP contribution in [-0.2, 0) is 6.54 Å². The van der Waals surface area contributed by atoms with E-state index in [1.807, 2.05) is 42.5 Å². The van der Waals surface area contributed by atoms with E-state index in [-0.39, 0.29) is 0 Å². The van der Waals surface area contributed by atoms with Crippen LogP contribution in [0.4, 0.5) is 0 Å². The van der Waals surface area contributed by atoms with Crippen LogP contribution in [0.3, 0.4) is 0 Å². The molecule has 0 bridgehead atoms. The van der Waals surface area contributed by atoms with E-state index in [9.17, 15) is 0 Å². The average molecular weight is 331 g/mol. The number of nitrogens with zero attached hydrogens (tertiary/aromatic N) is 4. The Labute approximate surface area is 138 Å². The normalized spacial score (nSPS) is 10.6. The maximum atomic E-state index is 5.98. The number of aromatic nitrogens is 4. The number of methoxy groups -OCH3 is 2. The first-order valence-electron chi connectivity index (χ1n) is 6.94. The molecule has 7 heteroatoms. The lowest BCUT2D eigenvalue weighted by Gasteiger charge is -2.07. The van der Waals surface area contributed by atoms with Crippen LogP contribution in [-0.4, -0.2) is 34.4 Å². The highest BCUT2D eigenvalue weighted by Crippen LogP contribution is 2.30. The second-order valence-corrected chi connectivity index (χ2v) is 5.28. The number of hydrogen-bond acceptors (Lipinski definition) is 5. The van der Waals surface area contributed by atoms with Crippen LogP contribution < -0.4 is 9.47 Å². The maximum Gasteiger partial charge on any atom is 0.205 e. The lowest BCUT2D eigenvalue weighted by Crippen LogP contribution is -2.03. The summed E-state index contributed by atoms with van der Waals surface area (Å²) in [4.78, 5) is 1.53. The van der Waals surface area contributed by atoms with E-state index in [1.165, 1.54) is 4.80 Å². The molecule has 0 radical (unpaired) electrons. The first-order chi connectivity index (χ1) is 11.2. The molecule has 1 aromatic heterocycles. The molecule has 3 aromatic rings. The van der Waals surface area contributed by atoms with Crippen molar-refractivity contribution in [2.24, 2.45) is 0 Å². The molecule has 0 unspecified atom stereocenters. The number of rotatable bonds is 5. The highest BCUT2D eigenvalue weighted by molar-refractivity contribution is 6.30. The molecular formula is C16H15ClN4O2. The standard InChI is InChI=1S/C16H15ClN4O2/c1-22-14-7-6-12(9-15(14)23-2)16-18-20-21(19-16)10-11-4-3-5-13(17)8-11/h3-9H,10H2,1-2H3. The van der Waals surface area contributed by atoms with E-state index in [2.05, 4.69) is 15.4 Å². The molecule has 2 aromatic carbocycles. The van der Waals surface area contributed by atoms with Crippen molar-refractivity contribution >= 4 is 11.6 Å². The topological polar surface area (TPSA) is 62.1 Å². The Morgan fingerprint density at radius 2 is 1.87 bits per heavy atom. The molecule has 118 valence electrons. The van der Waals surface area contributed by atoms with E-state index in [0.29, 0.717) is 28.9 Å². The molecule has 6 nitrogen and oxygen atoms in total. The zero-order valence-electron chi connectivity index (χ0n) is 12.7. The Kier molecular flexibility index (Phi) is 4.43. The van der Waals surface area contributed by atoms with E-state index >= 15 is 0 Å². The van der Waals surface area contributed by atoms with Gasteiger partial charge in [-0.1, -0.05) is 23.7 Å². The van der Waals surface area contributed by atoms with Crippen molar-refractivity contribution in [1.29, 1.82) is 0 Å². The monoisotopic (exact) mass is 330 g/mol. The van der Waals surface area contributed by atoms with E-state index in [1.54, 1.807) is 14.2 Å². The van der Waals surface area contributed by atoms with Crippen LogP contribution in [0.1, 0.15) is 5.56 Å². The summed E-state index contributed by atoms with van der Waals surface area (Å²) in [6.45, 7) is 0.501. The van der Waals surface area contributed by atoms with E-state index in [4.69, 9.17) is 21.1 Å². The zero-order chi connectivity index (χ0) is 16.2. The number of halogens is 1. The second-order valence-electron chi connectivity index (χ2n) is 4.84. The van der Waals surface area contributed by atoms with Gasteiger partial charge < -0.3 is 9.47 Å². The molecule has 0 fully saturated rings. The second kappa shape index (κ2) is 6.66. The van der Waals surface area contributed by atoms with Crippen LogP contribution in [0.15, 0.2) is 42.5 Å². The van der Waals surface area contributed by atoms with E-state index in [0.717, 1.165) is 11.1 Å². The van der Waals surface area contributed by atoms with Crippen molar-refractivity contribution in [2.75, 3.05) is 14.2 Å². The Balaban J connectivity index is 1.84. The van der Waals surface area contributed by atoms with Crippen LogP contribution in [0.25, 0.3) is 11.4 Å². The maximum absolute atomic E-state index is 5.98. The van der Waals surface area contributed by atoms with Crippen molar-refractivity contribution in [2.45, 2.75) is 6.54 Å². The largest absolute Gasteiger partial charge is 0.493 e. The Morgan fingerprint density at radius 1 is 1.04 bits per heavy atom. The van der Waals surface area contributed by atoms with Gasteiger partial charge in [0.05, 0.1) is 20.8 Å². The number of benzene rings is 2. The summed E-state index contributed by atoms with van der Waals surface area (Å²) in [5.41, 5.74) is 1.81. The van der Waals surface area contributed by atoms with E-state index < -0.39 is 0 Å². The predicted molar refractivity (Wildman–Crippen MR) is 86.9 cm³/mol. The van der Waals surface area contributed by atoms with Gasteiger partial charge in [0.2, 0.25) is 5.82 Å². The molecule has 0 saturated carbocycles. The van der Waals surface area contributed by atoms with Crippen molar-refractivity contribution in [1.82, 2.24) is 20.2 Å². The Hall–Kier alpha value is -2.60. The molecule has 0 aliphatic heterocycles. The van der Waals surface area contributed by atoms with Gasteiger partial charge in [0.25, 0.3) is 0 Å². The summed E-state index contributed by atoms with van der Waals surface area (Å²) in [5, 5.41) is 13.2. The predicted octanol–water partition coefficient (Wildman–Crippen LogP) is 3.06. The van der Waals surface area contributed by atoms with Gasteiger partial charge in [-0.2, -0.15) is 4.80 Å². The Bertz CT molecular complexity index is 819. The van der Waals surface area contributed by atoms with Crippen LogP contribution in [0.5, 0.6) is 11.5 Å². The molecule has 0 atom stereocenters. The molecule has 0 amide bonds. The molecule has 0 spiro atoms. The van der Waals surface area contributed by atoms with Gasteiger partial charge in [-0.05, 0) is 41.1 Å². The summed E-state index contributed by atoms with van der Waals surface area (Å²) in [6, 6.07) is 13.1. The minimum absolute atomic E-state index is 0.501. The van der Waals surface area contributed by atoms with Gasteiger partial charge in [-0.25, -0.2) is 0 Å². The summed E-state index contributed by atoms with van der Waals surface area (Å²) in [7, 11) is 3.18. The van der Waals surface area contributed by atoms with Crippen LogP contribution in [0, 0.1) is 0 Å². The summed E-state index contributed by atoms with van der Waals surface area (Å²) < 4.78 is 10.5. The lowest BCUT2D eigenvalue weighted by molar-refractivity contribution is 0.355. The fraction of sp³-hybridized carbons (Fsp3) is 0.188. The molecule has 0 saturated heterocycles. The molecule has 0 N–H and O–H groups in total. The van der Waals surface area contributed by atoms with Gasteiger partial charge >= 0.3 is 0 Å². The first kappa shape index (κ1) is 15.3. The van der Waals surface area contributed by atoms with Crippen molar-refractivity contribution in [3.63, 3.8) is 0 Å². The molecule has 0 aliphatic carbocycles. The highest BCUT2D eigenvalue weighted by atomic mass is 35.5. The van der Waals surface area contributed by atoms with Gasteiger partial charge in [0.1, 0.15) is 0 Å². The Morgan fingerprint density at radius 3 is 2.61 bits per heavy atom. The SMILES string of the molecule is COc1ccc(-c2nnn(Cc3cccc(Cl)c3)n2)cc1OC.